The Bertz CT molecular complexity index is 1060. The van der Waals surface area contributed by atoms with Gasteiger partial charge in [-0.25, -0.2) is 9.97 Å². The van der Waals surface area contributed by atoms with Crippen LogP contribution in [-0.2, 0) is 24.2 Å². The summed E-state index contributed by atoms with van der Waals surface area (Å²) >= 11 is 7.55. The smallest absolute Gasteiger partial charge is 0.262 e. The first-order chi connectivity index (χ1) is 12.5. The van der Waals surface area contributed by atoms with Gasteiger partial charge in [0, 0.05) is 11.1 Å². The average Bonchev–Trinajstić information content (AvgIpc) is 2.97. The van der Waals surface area contributed by atoms with E-state index in [-0.39, 0.29) is 23.2 Å². The van der Waals surface area contributed by atoms with Crippen LogP contribution in [0.15, 0.2) is 29.5 Å². The molecule has 4 rings (SSSR count). The molecular weight excluding hydrogens is 372 g/mol. The lowest BCUT2D eigenvalue weighted by atomic mass is 9.89. The number of amides is 1. The number of nitrogens with one attached hydrogen (secondary N) is 1. The van der Waals surface area contributed by atoms with Gasteiger partial charge in [-0.1, -0.05) is 18.5 Å². The van der Waals surface area contributed by atoms with Crippen molar-refractivity contribution in [2.45, 2.75) is 32.7 Å². The standard InChI is InChI=1S/C18H17ClN4O2S/c1-10-4-5-11-13(7-10)26-17-15(11)18(25)23(9-21-17)8-14(24)22-12-3-2-6-20-16(12)19/h2-3,6,9-10H,4-5,7-8H2,1H3,(H,22,24)/t10-/m1/s1. The minimum absolute atomic E-state index is 0.117. The van der Waals surface area contributed by atoms with Crippen molar-refractivity contribution in [3.05, 3.63) is 50.6 Å². The number of fused-ring (bicyclic) bond motifs is 3. The molecule has 3 aromatic rings. The number of pyridine rings is 1. The zero-order valence-corrected chi connectivity index (χ0v) is 15.7. The van der Waals surface area contributed by atoms with E-state index in [0.29, 0.717) is 17.0 Å². The van der Waals surface area contributed by atoms with Crippen molar-refractivity contribution in [1.29, 1.82) is 0 Å². The number of hydrogen-bond donors (Lipinski definition) is 1. The van der Waals surface area contributed by atoms with Crippen LogP contribution >= 0.6 is 22.9 Å². The Morgan fingerprint density at radius 3 is 3.12 bits per heavy atom. The van der Waals surface area contributed by atoms with Crippen LogP contribution in [0.2, 0.25) is 5.15 Å². The van der Waals surface area contributed by atoms with Crippen molar-refractivity contribution in [3.63, 3.8) is 0 Å². The molecule has 0 saturated heterocycles. The number of carbonyl (C=O) groups excluding carboxylic acids is 1. The van der Waals surface area contributed by atoms with E-state index in [1.54, 1.807) is 29.7 Å². The maximum Gasteiger partial charge on any atom is 0.262 e. The van der Waals surface area contributed by atoms with Crippen LogP contribution in [0.1, 0.15) is 23.8 Å². The second kappa shape index (κ2) is 6.81. The molecule has 0 aliphatic heterocycles. The summed E-state index contributed by atoms with van der Waals surface area (Å²) in [6.45, 7) is 2.11. The first kappa shape index (κ1) is 17.2. The van der Waals surface area contributed by atoms with Crippen LogP contribution in [0, 0.1) is 5.92 Å². The van der Waals surface area contributed by atoms with Gasteiger partial charge in [-0.15, -0.1) is 11.3 Å². The fraction of sp³-hybridized carbons (Fsp3) is 0.333. The van der Waals surface area contributed by atoms with Crippen LogP contribution in [0.5, 0.6) is 0 Å². The molecule has 0 spiro atoms. The number of aromatic nitrogens is 3. The Hall–Kier alpha value is -2.25. The van der Waals surface area contributed by atoms with Gasteiger partial charge in [0.15, 0.2) is 5.15 Å². The van der Waals surface area contributed by atoms with Crippen LogP contribution in [-0.4, -0.2) is 20.4 Å². The molecule has 1 aliphatic rings. The molecule has 3 heterocycles. The van der Waals surface area contributed by atoms with E-state index >= 15 is 0 Å². The quantitative estimate of drug-likeness (QED) is 0.698. The van der Waals surface area contributed by atoms with Crippen molar-refractivity contribution in [3.8, 4) is 0 Å². The molecular formula is C18H17ClN4O2S. The fourth-order valence-corrected chi connectivity index (χ4v) is 4.81. The predicted octanol–water partition coefficient (Wildman–Crippen LogP) is 3.27. The molecule has 1 amide bonds. The molecule has 0 bridgehead atoms. The van der Waals surface area contributed by atoms with Crippen LogP contribution in [0.3, 0.4) is 0 Å². The van der Waals surface area contributed by atoms with Crippen molar-refractivity contribution in [2.75, 3.05) is 5.32 Å². The fourth-order valence-electron chi connectivity index (χ4n) is 3.30. The Balaban J connectivity index is 1.63. The largest absolute Gasteiger partial charge is 0.322 e. The van der Waals surface area contributed by atoms with Gasteiger partial charge in [-0.2, -0.15) is 0 Å². The lowest BCUT2D eigenvalue weighted by molar-refractivity contribution is -0.116. The second-order valence-electron chi connectivity index (χ2n) is 6.60. The molecule has 26 heavy (non-hydrogen) atoms. The molecule has 0 unspecified atom stereocenters. The van der Waals surface area contributed by atoms with E-state index < -0.39 is 0 Å². The highest BCUT2D eigenvalue weighted by Gasteiger charge is 2.23. The summed E-state index contributed by atoms with van der Waals surface area (Å²) in [5.41, 5.74) is 1.38. The summed E-state index contributed by atoms with van der Waals surface area (Å²) in [6, 6.07) is 3.34. The van der Waals surface area contributed by atoms with Crippen LogP contribution in [0.25, 0.3) is 10.2 Å². The third kappa shape index (κ3) is 3.12. The van der Waals surface area contributed by atoms with Gasteiger partial charge in [0.1, 0.15) is 11.4 Å². The molecule has 1 N–H and O–H groups in total. The molecule has 8 heteroatoms. The second-order valence-corrected chi connectivity index (χ2v) is 8.04. The molecule has 134 valence electrons. The minimum atomic E-state index is -0.346. The van der Waals surface area contributed by atoms with E-state index in [2.05, 4.69) is 22.2 Å². The maximum absolute atomic E-state index is 12.9. The van der Waals surface area contributed by atoms with Gasteiger partial charge in [-0.3, -0.25) is 14.2 Å². The highest BCUT2D eigenvalue weighted by Crippen LogP contribution is 2.35. The molecule has 3 aromatic heterocycles. The van der Waals surface area contributed by atoms with Gasteiger partial charge in [0.05, 0.1) is 17.4 Å². The van der Waals surface area contributed by atoms with Gasteiger partial charge in [0.25, 0.3) is 5.56 Å². The SMILES string of the molecule is C[C@@H]1CCc2c(sc3ncn(CC(=O)Nc4cccnc4Cl)c(=O)c23)C1. The number of halogens is 1. The molecule has 0 saturated carbocycles. The van der Waals surface area contributed by atoms with Crippen molar-refractivity contribution < 1.29 is 4.79 Å². The summed E-state index contributed by atoms with van der Waals surface area (Å²) in [5, 5.41) is 3.56. The Labute approximate surface area is 158 Å². The van der Waals surface area contributed by atoms with E-state index in [4.69, 9.17) is 11.6 Å². The maximum atomic E-state index is 12.9. The predicted molar refractivity (Wildman–Crippen MR) is 103 cm³/mol. The van der Waals surface area contributed by atoms with Crippen molar-refractivity contribution >= 4 is 44.7 Å². The van der Waals surface area contributed by atoms with E-state index in [1.807, 2.05) is 0 Å². The lowest BCUT2D eigenvalue weighted by Crippen LogP contribution is -2.28. The molecule has 0 aromatic carbocycles. The van der Waals surface area contributed by atoms with E-state index in [9.17, 15) is 9.59 Å². The number of nitrogens with zero attached hydrogens (tertiary/aromatic N) is 3. The number of thiophene rings is 1. The van der Waals surface area contributed by atoms with Gasteiger partial charge in [-0.05, 0) is 42.9 Å². The molecule has 0 radical (unpaired) electrons. The zero-order valence-electron chi connectivity index (χ0n) is 14.2. The number of rotatable bonds is 3. The topological polar surface area (TPSA) is 76.9 Å². The summed E-state index contributed by atoms with van der Waals surface area (Å²) < 4.78 is 1.35. The minimum Gasteiger partial charge on any atom is -0.322 e. The monoisotopic (exact) mass is 388 g/mol. The third-order valence-electron chi connectivity index (χ3n) is 4.63. The van der Waals surface area contributed by atoms with Crippen molar-refractivity contribution in [1.82, 2.24) is 14.5 Å². The zero-order chi connectivity index (χ0) is 18.3. The molecule has 0 fully saturated rings. The summed E-state index contributed by atoms with van der Waals surface area (Å²) in [7, 11) is 0. The van der Waals surface area contributed by atoms with E-state index in [1.165, 1.54) is 15.8 Å². The first-order valence-electron chi connectivity index (χ1n) is 8.43. The van der Waals surface area contributed by atoms with Crippen LogP contribution in [0.4, 0.5) is 5.69 Å². The summed E-state index contributed by atoms with van der Waals surface area (Å²) in [5.74, 6) is 0.286. The Morgan fingerprint density at radius 1 is 1.46 bits per heavy atom. The molecule has 6 nitrogen and oxygen atoms in total. The first-order valence-corrected chi connectivity index (χ1v) is 9.62. The summed E-state index contributed by atoms with van der Waals surface area (Å²) in [4.78, 5) is 35.6. The lowest BCUT2D eigenvalue weighted by Gasteiger charge is -2.17. The van der Waals surface area contributed by atoms with Gasteiger partial charge < -0.3 is 5.32 Å². The highest BCUT2D eigenvalue weighted by atomic mass is 35.5. The normalized spacial score (nSPS) is 16.5. The molecule has 1 aliphatic carbocycles. The Morgan fingerprint density at radius 2 is 2.31 bits per heavy atom. The highest BCUT2D eigenvalue weighted by molar-refractivity contribution is 7.18. The van der Waals surface area contributed by atoms with Crippen molar-refractivity contribution in [2.24, 2.45) is 5.92 Å². The van der Waals surface area contributed by atoms with E-state index in [0.717, 1.165) is 29.7 Å². The van der Waals surface area contributed by atoms with Gasteiger partial charge >= 0.3 is 0 Å². The number of hydrogen-bond acceptors (Lipinski definition) is 5. The van der Waals surface area contributed by atoms with Gasteiger partial charge in [0.2, 0.25) is 5.91 Å². The van der Waals surface area contributed by atoms with Crippen LogP contribution < -0.4 is 10.9 Å². The third-order valence-corrected chi connectivity index (χ3v) is 6.09. The average molecular weight is 389 g/mol. The summed E-state index contributed by atoms with van der Waals surface area (Å²) in [6.07, 6.45) is 5.96. The number of carbonyl (C=O) groups is 1. The Kier molecular flexibility index (Phi) is 4.50. The molecule has 1 atom stereocenters. The number of aryl methyl sites for hydroxylation is 1. The number of anilines is 1.